The predicted octanol–water partition coefficient (Wildman–Crippen LogP) is 1.08. The van der Waals surface area contributed by atoms with Crippen molar-refractivity contribution in [1.29, 1.82) is 0 Å². The molecule has 1 heterocycles. The standard InChI is InChI=1S/C10H12F3N3OS/c11-10(12,13)6-16(3-4-17)8-5-7(9(14)18)1-2-15-8/h1-2,5,17H,3-4,6H2,(H2,14,18). The molecule has 1 aromatic rings. The van der Waals surface area contributed by atoms with Crippen molar-refractivity contribution < 1.29 is 18.3 Å². The van der Waals surface area contributed by atoms with Gasteiger partial charge >= 0.3 is 6.18 Å². The fraction of sp³-hybridized carbons (Fsp3) is 0.400. The second kappa shape index (κ2) is 5.96. The number of aliphatic hydroxyl groups is 1. The van der Waals surface area contributed by atoms with Gasteiger partial charge in [0.15, 0.2) is 0 Å². The summed E-state index contributed by atoms with van der Waals surface area (Å²) in [7, 11) is 0. The van der Waals surface area contributed by atoms with Crippen LogP contribution in [0.2, 0.25) is 0 Å². The monoisotopic (exact) mass is 279 g/mol. The Hall–Kier alpha value is -1.41. The van der Waals surface area contributed by atoms with Gasteiger partial charge in [0.1, 0.15) is 17.4 Å². The molecule has 0 aromatic carbocycles. The van der Waals surface area contributed by atoms with Gasteiger partial charge in [0.05, 0.1) is 6.61 Å². The lowest BCUT2D eigenvalue weighted by Gasteiger charge is -2.24. The Kier molecular flexibility index (Phi) is 4.85. The number of rotatable bonds is 5. The van der Waals surface area contributed by atoms with Gasteiger partial charge in [-0.15, -0.1) is 0 Å². The summed E-state index contributed by atoms with van der Waals surface area (Å²) in [5.41, 5.74) is 5.83. The van der Waals surface area contributed by atoms with Gasteiger partial charge in [-0.1, -0.05) is 12.2 Å². The molecule has 0 unspecified atom stereocenters. The van der Waals surface area contributed by atoms with Gasteiger partial charge < -0.3 is 15.7 Å². The lowest BCUT2D eigenvalue weighted by Crippen LogP contribution is -2.37. The highest BCUT2D eigenvalue weighted by Gasteiger charge is 2.31. The summed E-state index contributed by atoms with van der Waals surface area (Å²) < 4.78 is 37.1. The van der Waals surface area contributed by atoms with Crippen LogP contribution in [0.25, 0.3) is 0 Å². The second-order valence-corrected chi connectivity index (χ2v) is 3.97. The molecule has 0 bridgehead atoms. The van der Waals surface area contributed by atoms with Gasteiger partial charge in [0.25, 0.3) is 0 Å². The van der Waals surface area contributed by atoms with Crippen LogP contribution in [0.15, 0.2) is 18.3 Å². The van der Waals surface area contributed by atoms with Crippen LogP contribution in [0.5, 0.6) is 0 Å². The summed E-state index contributed by atoms with van der Waals surface area (Å²) in [5, 5.41) is 8.79. The average molecular weight is 279 g/mol. The summed E-state index contributed by atoms with van der Waals surface area (Å²) in [6, 6.07) is 2.88. The predicted molar refractivity (Wildman–Crippen MR) is 65.5 cm³/mol. The van der Waals surface area contributed by atoms with Crippen LogP contribution < -0.4 is 10.6 Å². The molecule has 3 N–H and O–H groups in total. The Balaban J connectivity index is 2.98. The molecule has 0 atom stereocenters. The van der Waals surface area contributed by atoms with Crippen LogP contribution in [0.3, 0.4) is 0 Å². The fourth-order valence-electron chi connectivity index (χ4n) is 1.36. The van der Waals surface area contributed by atoms with Crippen molar-refractivity contribution in [1.82, 2.24) is 4.98 Å². The Labute approximate surface area is 107 Å². The fourth-order valence-corrected chi connectivity index (χ4v) is 1.48. The van der Waals surface area contributed by atoms with Crippen LogP contribution in [0.1, 0.15) is 5.56 Å². The second-order valence-electron chi connectivity index (χ2n) is 3.53. The zero-order chi connectivity index (χ0) is 13.8. The Morgan fingerprint density at radius 1 is 1.50 bits per heavy atom. The molecule has 100 valence electrons. The SMILES string of the molecule is NC(=S)c1ccnc(N(CCO)CC(F)(F)F)c1. The van der Waals surface area contributed by atoms with E-state index in [0.717, 1.165) is 4.90 Å². The van der Waals surface area contributed by atoms with Crippen molar-refractivity contribution in [2.24, 2.45) is 5.73 Å². The van der Waals surface area contributed by atoms with E-state index in [-0.39, 0.29) is 17.4 Å². The molecule has 1 rings (SSSR count). The molecule has 8 heteroatoms. The maximum atomic E-state index is 12.4. The quantitative estimate of drug-likeness (QED) is 0.790. The van der Waals surface area contributed by atoms with E-state index in [1.165, 1.54) is 18.3 Å². The molecule has 0 amide bonds. The summed E-state index contributed by atoms with van der Waals surface area (Å²) >= 11 is 4.74. The van der Waals surface area contributed by atoms with Crippen molar-refractivity contribution in [2.45, 2.75) is 6.18 Å². The third-order valence-electron chi connectivity index (χ3n) is 2.09. The first kappa shape index (κ1) is 14.7. The summed E-state index contributed by atoms with van der Waals surface area (Å²) in [6.07, 6.45) is -3.05. The molecule has 0 fully saturated rings. The molecule has 18 heavy (non-hydrogen) atoms. The van der Waals surface area contributed by atoms with Crippen molar-refractivity contribution >= 4 is 23.0 Å². The molecular formula is C10H12F3N3OS. The zero-order valence-corrected chi connectivity index (χ0v) is 10.1. The Bertz CT molecular complexity index is 425. The van der Waals surface area contributed by atoms with Gasteiger partial charge in [-0.05, 0) is 12.1 Å². The van der Waals surface area contributed by atoms with Crippen molar-refractivity contribution in [2.75, 3.05) is 24.6 Å². The number of nitrogens with zero attached hydrogens (tertiary/aromatic N) is 2. The minimum absolute atomic E-state index is 0.0756. The number of nitrogens with two attached hydrogens (primary N) is 1. The highest BCUT2D eigenvalue weighted by atomic mass is 32.1. The third-order valence-corrected chi connectivity index (χ3v) is 2.33. The van der Waals surface area contributed by atoms with Gasteiger partial charge in [-0.25, -0.2) is 4.98 Å². The number of hydrogen-bond acceptors (Lipinski definition) is 4. The first-order valence-electron chi connectivity index (χ1n) is 5.02. The number of anilines is 1. The number of halogens is 3. The molecule has 0 saturated heterocycles. The molecule has 0 aliphatic carbocycles. The molecule has 0 saturated carbocycles. The largest absolute Gasteiger partial charge is 0.405 e. The molecule has 0 aliphatic heterocycles. The minimum atomic E-state index is -4.38. The highest BCUT2D eigenvalue weighted by Crippen LogP contribution is 2.21. The summed E-state index contributed by atoms with van der Waals surface area (Å²) in [6.45, 7) is -1.77. The van der Waals surface area contributed by atoms with E-state index in [0.29, 0.717) is 5.56 Å². The summed E-state index contributed by atoms with van der Waals surface area (Å²) in [4.78, 5) is 4.82. The van der Waals surface area contributed by atoms with E-state index in [9.17, 15) is 13.2 Å². The first-order chi connectivity index (χ1) is 8.33. The first-order valence-corrected chi connectivity index (χ1v) is 5.43. The highest BCUT2D eigenvalue weighted by molar-refractivity contribution is 7.80. The molecule has 0 radical (unpaired) electrons. The van der Waals surface area contributed by atoms with Crippen LogP contribution in [-0.2, 0) is 0 Å². The van der Waals surface area contributed by atoms with E-state index >= 15 is 0 Å². The average Bonchev–Trinajstić information content (AvgIpc) is 2.27. The Morgan fingerprint density at radius 3 is 2.67 bits per heavy atom. The molecule has 4 nitrogen and oxygen atoms in total. The van der Waals surface area contributed by atoms with E-state index in [2.05, 4.69) is 4.98 Å². The smallest absolute Gasteiger partial charge is 0.395 e. The molecule has 0 aliphatic rings. The van der Waals surface area contributed by atoms with Gasteiger partial charge in [-0.2, -0.15) is 13.2 Å². The third kappa shape index (κ3) is 4.46. The van der Waals surface area contributed by atoms with Crippen molar-refractivity contribution in [3.63, 3.8) is 0 Å². The van der Waals surface area contributed by atoms with Gasteiger partial charge in [0.2, 0.25) is 0 Å². The van der Waals surface area contributed by atoms with Crippen LogP contribution in [-0.4, -0.2) is 41.0 Å². The number of hydrogen-bond donors (Lipinski definition) is 2. The maximum Gasteiger partial charge on any atom is 0.405 e. The lowest BCUT2D eigenvalue weighted by atomic mass is 10.2. The van der Waals surface area contributed by atoms with Crippen LogP contribution in [0, 0.1) is 0 Å². The van der Waals surface area contributed by atoms with Gasteiger partial charge in [0, 0.05) is 18.3 Å². The number of pyridine rings is 1. The lowest BCUT2D eigenvalue weighted by molar-refractivity contribution is -0.120. The van der Waals surface area contributed by atoms with E-state index < -0.39 is 19.3 Å². The Morgan fingerprint density at radius 2 is 2.17 bits per heavy atom. The van der Waals surface area contributed by atoms with E-state index in [1.54, 1.807) is 0 Å². The van der Waals surface area contributed by atoms with Crippen molar-refractivity contribution in [3.05, 3.63) is 23.9 Å². The number of aromatic nitrogens is 1. The topological polar surface area (TPSA) is 62.4 Å². The zero-order valence-electron chi connectivity index (χ0n) is 9.31. The number of aliphatic hydroxyl groups excluding tert-OH is 1. The van der Waals surface area contributed by atoms with Gasteiger partial charge in [-0.3, -0.25) is 0 Å². The maximum absolute atomic E-state index is 12.4. The normalized spacial score (nSPS) is 11.3. The summed E-state index contributed by atoms with van der Waals surface area (Å²) in [5.74, 6) is 0.0756. The number of thiocarbonyl (C=S) groups is 1. The van der Waals surface area contributed by atoms with Crippen LogP contribution in [0.4, 0.5) is 19.0 Å². The molecule has 0 spiro atoms. The molecular weight excluding hydrogens is 267 g/mol. The molecule has 1 aromatic heterocycles. The number of alkyl halides is 3. The van der Waals surface area contributed by atoms with Crippen LogP contribution >= 0.6 is 12.2 Å². The van der Waals surface area contributed by atoms with E-state index in [1.807, 2.05) is 0 Å². The minimum Gasteiger partial charge on any atom is -0.395 e. The van der Waals surface area contributed by atoms with Crippen molar-refractivity contribution in [3.8, 4) is 0 Å². The van der Waals surface area contributed by atoms with E-state index in [4.69, 9.17) is 23.1 Å².